The van der Waals surface area contributed by atoms with E-state index in [1.165, 1.54) is 26.2 Å². The number of nitriles is 1. The third-order valence-corrected chi connectivity index (χ3v) is 6.37. The Kier molecular flexibility index (Phi) is 7.09. The van der Waals surface area contributed by atoms with E-state index in [1.807, 2.05) is 6.07 Å². The minimum atomic E-state index is -1.03. The number of halogens is 1. The molecule has 8 nitrogen and oxygen atoms in total. The van der Waals surface area contributed by atoms with E-state index in [1.54, 1.807) is 61.5 Å². The van der Waals surface area contributed by atoms with E-state index in [0.717, 1.165) is 5.56 Å². The highest BCUT2D eigenvalue weighted by Gasteiger charge is 2.47. The van der Waals surface area contributed by atoms with Crippen LogP contribution in [0.4, 0.5) is 5.69 Å². The highest BCUT2D eigenvalue weighted by Crippen LogP contribution is 2.46. The molecule has 3 aromatic carbocycles. The molecule has 0 saturated carbocycles. The molecular weight excluding hydrogens is 496 g/mol. The van der Waals surface area contributed by atoms with Gasteiger partial charge in [0, 0.05) is 5.69 Å². The summed E-state index contributed by atoms with van der Waals surface area (Å²) in [6, 6.07) is 15.5. The average Bonchev–Trinajstić information content (AvgIpc) is 3.17. The lowest BCUT2D eigenvalue weighted by molar-refractivity contribution is -0.132. The van der Waals surface area contributed by atoms with Crippen LogP contribution in [0.2, 0.25) is 5.02 Å². The topological polar surface area (TPSA) is 109 Å². The smallest absolute Gasteiger partial charge is 0.300 e. The van der Waals surface area contributed by atoms with Crippen molar-refractivity contribution < 1.29 is 28.9 Å². The summed E-state index contributed by atoms with van der Waals surface area (Å²) in [6.45, 7) is 1.78. The van der Waals surface area contributed by atoms with Crippen molar-refractivity contribution in [2.75, 3.05) is 26.2 Å². The molecule has 0 aromatic heterocycles. The van der Waals surface area contributed by atoms with Crippen molar-refractivity contribution in [3.63, 3.8) is 0 Å². The van der Waals surface area contributed by atoms with Crippen LogP contribution in [0.1, 0.15) is 28.3 Å². The summed E-state index contributed by atoms with van der Waals surface area (Å²) in [4.78, 5) is 28.2. The highest BCUT2D eigenvalue weighted by atomic mass is 35.5. The number of rotatable bonds is 6. The van der Waals surface area contributed by atoms with Gasteiger partial charge in [-0.2, -0.15) is 5.26 Å². The normalized spacial score (nSPS) is 16.4. The molecule has 1 amide bonds. The maximum Gasteiger partial charge on any atom is 0.300 e. The van der Waals surface area contributed by atoms with Crippen molar-refractivity contribution in [1.29, 1.82) is 5.26 Å². The number of carbonyl (C=O) groups excluding carboxylic acids is 2. The third kappa shape index (κ3) is 4.46. The number of anilines is 1. The number of ether oxygens (including phenoxy) is 3. The molecule has 188 valence electrons. The van der Waals surface area contributed by atoms with Crippen LogP contribution in [0, 0.1) is 18.3 Å². The fourth-order valence-corrected chi connectivity index (χ4v) is 4.74. The van der Waals surface area contributed by atoms with Crippen LogP contribution in [-0.2, 0) is 9.59 Å². The molecule has 1 saturated heterocycles. The second-order valence-corrected chi connectivity index (χ2v) is 8.68. The predicted molar refractivity (Wildman–Crippen MR) is 138 cm³/mol. The summed E-state index contributed by atoms with van der Waals surface area (Å²) in [6.07, 6.45) is 0. The largest absolute Gasteiger partial charge is 0.507 e. The number of nitrogens with zero attached hydrogens (tertiary/aromatic N) is 2. The number of hydrogen-bond acceptors (Lipinski definition) is 7. The van der Waals surface area contributed by atoms with Crippen LogP contribution in [0.3, 0.4) is 0 Å². The van der Waals surface area contributed by atoms with Gasteiger partial charge in [0.05, 0.1) is 55.2 Å². The van der Waals surface area contributed by atoms with Crippen LogP contribution >= 0.6 is 11.6 Å². The molecule has 1 fully saturated rings. The van der Waals surface area contributed by atoms with Crippen molar-refractivity contribution in [2.45, 2.75) is 13.0 Å². The SMILES string of the molecule is COc1ccc(C2/C(=C(\O)c3cc(C)cc(Cl)c3OC)C(=O)C(=O)N2c2ccc(C#N)cc2)cc1OC. The number of aryl methyl sites for hydroxylation is 1. The molecule has 4 rings (SSSR count). The summed E-state index contributed by atoms with van der Waals surface area (Å²) in [7, 11) is 4.36. The number of ketones is 1. The molecule has 1 heterocycles. The summed E-state index contributed by atoms with van der Waals surface area (Å²) in [5, 5.41) is 20.9. The number of methoxy groups -OCH3 is 3. The summed E-state index contributed by atoms with van der Waals surface area (Å²) in [5.74, 6) is -1.17. The lowest BCUT2D eigenvalue weighted by Gasteiger charge is -2.26. The molecule has 1 aliphatic heterocycles. The first kappa shape index (κ1) is 25.6. The van der Waals surface area contributed by atoms with Gasteiger partial charge in [-0.1, -0.05) is 17.7 Å². The molecule has 0 bridgehead atoms. The van der Waals surface area contributed by atoms with Gasteiger partial charge in [-0.3, -0.25) is 14.5 Å². The average molecular weight is 519 g/mol. The van der Waals surface area contributed by atoms with E-state index in [9.17, 15) is 20.0 Å². The molecular formula is C28H23ClN2O6. The quantitative estimate of drug-likeness (QED) is 0.272. The van der Waals surface area contributed by atoms with Crippen molar-refractivity contribution >= 4 is 34.7 Å². The zero-order valence-electron chi connectivity index (χ0n) is 20.5. The van der Waals surface area contributed by atoms with E-state index in [4.69, 9.17) is 25.8 Å². The van der Waals surface area contributed by atoms with E-state index in [2.05, 4.69) is 0 Å². The Morgan fingerprint density at radius 3 is 2.24 bits per heavy atom. The molecule has 9 heteroatoms. The summed E-state index contributed by atoms with van der Waals surface area (Å²) in [5.41, 5.74) is 1.99. The maximum atomic E-state index is 13.5. The first-order chi connectivity index (χ1) is 17.7. The van der Waals surface area contributed by atoms with E-state index in [-0.39, 0.29) is 21.9 Å². The molecule has 1 aliphatic rings. The minimum Gasteiger partial charge on any atom is -0.507 e. The number of hydrogen-bond donors (Lipinski definition) is 1. The standard InChI is InChI=1S/C28H23ClN2O6/c1-15-11-19(27(37-4)20(29)12-15)25(32)23-24(17-7-10-21(35-2)22(13-17)36-3)31(28(34)26(23)33)18-8-5-16(14-30)6-9-18/h5-13,24,32H,1-4H3/b25-23+. The van der Waals surface area contributed by atoms with E-state index < -0.39 is 23.5 Å². The lowest BCUT2D eigenvalue weighted by atomic mass is 9.94. The molecule has 0 aliphatic carbocycles. The zero-order chi connectivity index (χ0) is 26.9. The second kappa shape index (κ2) is 10.2. The zero-order valence-corrected chi connectivity index (χ0v) is 21.3. The number of amides is 1. The number of aliphatic hydroxyl groups is 1. The maximum absolute atomic E-state index is 13.5. The molecule has 1 unspecified atom stereocenters. The van der Waals surface area contributed by atoms with Gasteiger partial charge < -0.3 is 19.3 Å². The van der Waals surface area contributed by atoms with Gasteiger partial charge >= 0.3 is 0 Å². The number of Topliss-reactive ketones (excluding diaryl/α,β-unsaturated/α-hetero) is 1. The minimum absolute atomic E-state index is 0.151. The Morgan fingerprint density at radius 1 is 0.973 bits per heavy atom. The van der Waals surface area contributed by atoms with Gasteiger partial charge in [-0.25, -0.2) is 0 Å². The highest BCUT2D eigenvalue weighted by molar-refractivity contribution is 6.51. The summed E-state index contributed by atoms with van der Waals surface area (Å²) >= 11 is 6.35. The first-order valence-corrected chi connectivity index (χ1v) is 11.5. The van der Waals surface area contributed by atoms with Crippen LogP contribution in [0.25, 0.3) is 5.76 Å². The predicted octanol–water partition coefficient (Wildman–Crippen LogP) is 5.17. The van der Waals surface area contributed by atoms with Crippen molar-refractivity contribution in [3.8, 4) is 23.3 Å². The Bertz CT molecular complexity index is 1470. The Labute approximate surface area is 218 Å². The Hall–Kier alpha value is -4.48. The molecule has 0 radical (unpaired) electrons. The molecule has 37 heavy (non-hydrogen) atoms. The fraction of sp³-hybridized carbons (Fsp3) is 0.179. The van der Waals surface area contributed by atoms with Crippen LogP contribution in [0.5, 0.6) is 17.2 Å². The van der Waals surface area contributed by atoms with Gasteiger partial charge in [0.1, 0.15) is 11.5 Å². The van der Waals surface area contributed by atoms with E-state index >= 15 is 0 Å². The Balaban J connectivity index is 2.02. The van der Waals surface area contributed by atoms with E-state index in [0.29, 0.717) is 28.3 Å². The number of carbonyl (C=O) groups is 2. The van der Waals surface area contributed by atoms with Gasteiger partial charge in [0.15, 0.2) is 11.5 Å². The van der Waals surface area contributed by atoms with Crippen molar-refractivity contribution in [1.82, 2.24) is 0 Å². The van der Waals surface area contributed by atoms with Crippen molar-refractivity contribution in [2.24, 2.45) is 0 Å². The molecule has 1 N–H and O–H groups in total. The van der Waals surface area contributed by atoms with Crippen LogP contribution in [0.15, 0.2) is 60.2 Å². The lowest BCUT2D eigenvalue weighted by Crippen LogP contribution is -2.29. The Morgan fingerprint density at radius 2 is 1.65 bits per heavy atom. The third-order valence-electron chi connectivity index (χ3n) is 6.09. The molecule has 0 spiro atoms. The number of benzene rings is 3. The first-order valence-electron chi connectivity index (χ1n) is 11.1. The monoisotopic (exact) mass is 518 g/mol. The van der Waals surface area contributed by atoms with Crippen molar-refractivity contribution in [3.05, 3.63) is 87.4 Å². The summed E-state index contributed by atoms with van der Waals surface area (Å²) < 4.78 is 16.2. The van der Waals surface area contributed by atoms with Gasteiger partial charge in [0.2, 0.25) is 0 Å². The van der Waals surface area contributed by atoms with Gasteiger partial charge in [-0.05, 0) is 66.6 Å². The molecule has 3 aromatic rings. The molecule has 1 atom stereocenters. The van der Waals surface area contributed by atoms with Crippen LogP contribution < -0.4 is 19.1 Å². The van der Waals surface area contributed by atoms with Gasteiger partial charge in [0.25, 0.3) is 11.7 Å². The van der Waals surface area contributed by atoms with Crippen LogP contribution in [-0.4, -0.2) is 38.1 Å². The second-order valence-electron chi connectivity index (χ2n) is 8.27. The van der Waals surface area contributed by atoms with Gasteiger partial charge in [-0.15, -0.1) is 0 Å². The number of aliphatic hydroxyl groups excluding tert-OH is 1. The fourth-order valence-electron chi connectivity index (χ4n) is 4.39.